The molecule has 1 unspecified atom stereocenters. The third kappa shape index (κ3) is 4.52. The molecule has 1 aliphatic heterocycles. The van der Waals surface area contributed by atoms with Crippen LogP contribution < -0.4 is 0 Å². The average Bonchev–Trinajstić information content (AvgIpc) is 3.48. The van der Waals surface area contributed by atoms with E-state index in [4.69, 9.17) is 16.6 Å². The zero-order chi connectivity index (χ0) is 23.9. The molecule has 178 valence electrons. The number of nitrogens with zero attached hydrogens (tertiary/aromatic N) is 4. The Kier molecular flexibility index (Phi) is 6.50. The normalized spacial score (nSPS) is 16.8. The molecule has 0 bridgehead atoms. The van der Waals surface area contributed by atoms with Gasteiger partial charge in [-0.3, -0.25) is 0 Å². The van der Waals surface area contributed by atoms with Crippen LogP contribution in [0.1, 0.15) is 53.7 Å². The summed E-state index contributed by atoms with van der Waals surface area (Å²) < 4.78 is 27.9. The minimum Gasteiger partial charge on any atom is -0.325 e. The number of halogens is 1. The number of hydrogen-bond acceptors (Lipinski definition) is 5. The van der Waals surface area contributed by atoms with Crippen molar-refractivity contribution in [3.05, 3.63) is 81.0 Å². The van der Waals surface area contributed by atoms with E-state index >= 15 is 0 Å². The molecule has 2 aromatic heterocycles. The van der Waals surface area contributed by atoms with E-state index in [0.29, 0.717) is 18.1 Å². The van der Waals surface area contributed by atoms with E-state index in [1.807, 2.05) is 23.7 Å². The molecule has 1 saturated heterocycles. The summed E-state index contributed by atoms with van der Waals surface area (Å²) in [7, 11) is -3.16. The monoisotopic (exact) mass is 514 g/mol. The summed E-state index contributed by atoms with van der Waals surface area (Å²) in [6, 6.07) is 14.7. The number of benzene rings is 2. The standard InChI is InChI=1S/C25H27ClN4O2S2/c1-3-23-28-21-9-6-18(24(25-27-12-15-33-25)17-4-7-19(26)8-5-17)16-22(21)30(23)20-10-13-29(14-11-20)34(2,31)32/h4-9,12,15-16,20,24H,3,10-11,13-14H2,1-2H3. The second kappa shape index (κ2) is 9.41. The molecule has 2 aromatic carbocycles. The Morgan fingerprint density at radius 1 is 1.12 bits per heavy atom. The molecule has 0 spiro atoms. The van der Waals surface area contributed by atoms with E-state index in [-0.39, 0.29) is 12.0 Å². The SMILES string of the molecule is CCc1nc2ccc(C(c3ccc(Cl)cc3)c3nccs3)cc2n1C1CCN(S(C)(=O)=O)CC1. The van der Waals surface area contributed by atoms with Gasteiger partial charge < -0.3 is 4.57 Å². The summed E-state index contributed by atoms with van der Waals surface area (Å²) >= 11 is 7.81. The lowest BCUT2D eigenvalue weighted by Gasteiger charge is -2.32. The molecule has 0 radical (unpaired) electrons. The van der Waals surface area contributed by atoms with Crippen LogP contribution in [0.25, 0.3) is 11.0 Å². The molecule has 0 aliphatic carbocycles. The fourth-order valence-corrected chi connectivity index (χ4v) is 6.73. The highest BCUT2D eigenvalue weighted by Gasteiger charge is 2.28. The Morgan fingerprint density at radius 3 is 2.44 bits per heavy atom. The maximum atomic E-state index is 12.0. The third-order valence-corrected chi connectivity index (χ3v) is 8.99. The van der Waals surface area contributed by atoms with Gasteiger partial charge >= 0.3 is 0 Å². The van der Waals surface area contributed by atoms with Crippen molar-refractivity contribution in [2.75, 3.05) is 19.3 Å². The van der Waals surface area contributed by atoms with Crippen LogP contribution in [-0.4, -0.2) is 46.6 Å². The molecular weight excluding hydrogens is 488 g/mol. The van der Waals surface area contributed by atoms with Crippen LogP contribution in [0.3, 0.4) is 0 Å². The van der Waals surface area contributed by atoms with E-state index < -0.39 is 10.0 Å². The maximum Gasteiger partial charge on any atom is 0.211 e. The molecule has 3 heterocycles. The van der Waals surface area contributed by atoms with Gasteiger partial charge in [0, 0.05) is 42.2 Å². The van der Waals surface area contributed by atoms with Gasteiger partial charge in [0.15, 0.2) is 0 Å². The van der Waals surface area contributed by atoms with Crippen molar-refractivity contribution in [3.8, 4) is 0 Å². The first-order valence-electron chi connectivity index (χ1n) is 11.5. The van der Waals surface area contributed by atoms with Gasteiger partial charge in [-0.2, -0.15) is 0 Å². The number of hydrogen-bond donors (Lipinski definition) is 0. The largest absolute Gasteiger partial charge is 0.325 e. The van der Waals surface area contributed by atoms with E-state index in [2.05, 4.69) is 46.8 Å². The number of fused-ring (bicyclic) bond motifs is 1. The Labute approximate surface area is 209 Å². The zero-order valence-corrected chi connectivity index (χ0v) is 21.6. The molecule has 0 N–H and O–H groups in total. The van der Waals surface area contributed by atoms with Gasteiger partial charge in [0.25, 0.3) is 0 Å². The fraction of sp³-hybridized carbons (Fsp3) is 0.360. The summed E-state index contributed by atoms with van der Waals surface area (Å²) in [5.41, 5.74) is 4.37. The maximum absolute atomic E-state index is 12.0. The number of sulfonamides is 1. The average molecular weight is 515 g/mol. The molecule has 0 amide bonds. The van der Waals surface area contributed by atoms with Crippen LogP contribution in [0.4, 0.5) is 0 Å². The summed E-state index contributed by atoms with van der Waals surface area (Å²) in [6.07, 6.45) is 5.52. The molecule has 1 fully saturated rings. The fourth-order valence-electron chi connectivity index (χ4n) is 4.94. The van der Waals surface area contributed by atoms with E-state index in [1.54, 1.807) is 15.6 Å². The molecular formula is C25H27ClN4O2S2. The van der Waals surface area contributed by atoms with Crippen molar-refractivity contribution in [2.24, 2.45) is 0 Å². The van der Waals surface area contributed by atoms with Crippen molar-refractivity contribution in [1.29, 1.82) is 0 Å². The highest BCUT2D eigenvalue weighted by Crippen LogP contribution is 2.37. The quantitative estimate of drug-likeness (QED) is 0.341. The van der Waals surface area contributed by atoms with Crippen molar-refractivity contribution < 1.29 is 8.42 Å². The van der Waals surface area contributed by atoms with Crippen molar-refractivity contribution >= 4 is 44.0 Å². The Bertz CT molecular complexity index is 1390. The first kappa shape index (κ1) is 23.5. The number of thiazole rings is 1. The van der Waals surface area contributed by atoms with Crippen LogP contribution in [0.15, 0.2) is 54.0 Å². The molecule has 1 aliphatic rings. The number of imidazole rings is 1. The van der Waals surface area contributed by atoms with Gasteiger partial charge in [-0.1, -0.05) is 36.7 Å². The lowest BCUT2D eigenvalue weighted by Crippen LogP contribution is -2.38. The molecule has 34 heavy (non-hydrogen) atoms. The molecule has 6 nitrogen and oxygen atoms in total. The van der Waals surface area contributed by atoms with Gasteiger partial charge in [0.05, 0.1) is 23.2 Å². The molecule has 0 saturated carbocycles. The van der Waals surface area contributed by atoms with Gasteiger partial charge in [-0.05, 0) is 48.2 Å². The molecule has 1 atom stereocenters. The smallest absolute Gasteiger partial charge is 0.211 e. The molecule has 4 aromatic rings. The highest BCUT2D eigenvalue weighted by atomic mass is 35.5. The first-order valence-corrected chi connectivity index (χ1v) is 14.6. The number of rotatable bonds is 6. The summed E-state index contributed by atoms with van der Waals surface area (Å²) in [5, 5.41) is 3.75. The van der Waals surface area contributed by atoms with Crippen molar-refractivity contribution in [3.63, 3.8) is 0 Å². The Hall–Kier alpha value is -2.26. The van der Waals surface area contributed by atoms with Crippen LogP contribution >= 0.6 is 22.9 Å². The van der Waals surface area contributed by atoms with E-state index in [0.717, 1.165) is 52.3 Å². The van der Waals surface area contributed by atoms with Gasteiger partial charge in [-0.15, -0.1) is 11.3 Å². The predicted molar refractivity (Wildman–Crippen MR) is 138 cm³/mol. The summed E-state index contributed by atoms with van der Waals surface area (Å²) in [5.74, 6) is 1.05. The van der Waals surface area contributed by atoms with Crippen LogP contribution in [0.2, 0.25) is 5.02 Å². The van der Waals surface area contributed by atoms with Crippen LogP contribution in [0, 0.1) is 0 Å². The first-order chi connectivity index (χ1) is 16.3. The number of piperidine rings is 1. The zero-order valence-electron chi connectivity index (χ0n) is 19.2. The lowest BCUT2D eigenvalue weighted by atomic mass is 9.91. The van der Waals surface area contributed by atoms with Gasteiger partial charge in [0.2, 0.25) is 10.0 Å². The minimum absolute atomic E-state index is 0.00201. The van der Waals surface area contributed by atoms with Crippen molar-refractivity contribution in [1.82, 2.24) is 18.8 Å². The second-order valence-corrected chi connectivity index (χ2v) is 12.1. The second-order valence-electron chi connectivity index (χ2n) is 8.75. The third-order valence-electron chi connectivity index (χ3n) is 6.60. The highest BCUT2D eigenvalue weighted by molar-refractivity contribution is 7.88. The topological polar surface area (TPSA) is 68.1 Å². The van der Waals surface area contributed by atoms with E-state index in [1.165, 1.54) is 6.26 Å². The Balaban J connectivity index is 1.58. The van der Waals surface area contributed by atoms with Gasteiger partial charge in [0.1, 0.15) is 10.8 Å². The molecule has 9 heteroatoms. The van der Waals surface area contributed by atoms with Crippen molar-refractivity contribution in [2.45, 2.75) is 38.1 Å². The van der Waals surface area contributed by atoms with Crippen LogP contribution in [0.5, 0.6) is 0 Å². The number of aryl methyl sites for hydroxylation is 1. The van der Waals surface area contributed by atoms with Gasteiger partial charge in [-0.25, -0.2) is 22.7 Å². The summed E-state index contributed by atoms with van der Waals surface area (Å²) in [6.45, 7) is 3.20. The summed E-state index contributed by atoms with van der Waals surface area (Å²) in [4.78, 5) is 9.56. The lowest BCUT2D eigenvalue weighted by molar-refractivity contribution is 0.275. The van der Waals surface area contributed by atoms with E-state index in [9.17, 15) is 8.42 Å². The molecule has 5 rings (SSSR count). The predicted octanol–water partition coefficient (Wildman–Crippen LogP) is 5.49. The Morgan fingerprint density at radius 2 is 1.82 bits per heavy atom. The van der Waals surface area contributed by atoms with Crippen LogP contribution in [-0.2, 0) is 16.4 Å². The number of aromatic nitrogens is 3. The minimum atomic E-state index is -3.16.